The van der Waals surface area contributed by atoms with Crippen molar-refractivity contribution in [1.82, 2.24) is 24.9 Å². The molecule has 0 aliphatic carbocycles. The molecular formula is C15H23N5O. The van der Waals surface area contributed by atoms with Gasteiger partial charge in [-0.3, -0.25) is 14.2 Å². The summed E-state index contributed by atoms with van der Waals surface area (Å²) in [5.74, 6) is -0.0942. The van der Waals surface area contributed by atoms with E-state index in [-0.39, 0.29) is 11.9 Å². The molecule has 6 heteroatoms. The van der Waals surface area contributed by atoms with Gasteiger partial charge in [-0.05, 0) is 40.7 Å². The van der Waals surface area contributed by atoms with Gasteiger partial charge in [-0.25, -0.2) is 0 Å². The van der Waals surface area contributed by atoms with Crippen molar-refractivity contribution >= 4 is 5.91 Å². The number of nitrogens with one attached hydrogen (secondary N) is 1. The highest BCUT2D eigenvalue weighted by Gasteiger charge is 2.20. The van der Waals surface area contributed by atoms with Crippen molar-refractivity contribution in [1.29, 1.82) is 0 Å². The summed E-state index contributed by atoms with van der Waals surface area (Å²) in [6.07, 6.45) is 1.92. The number of carbonyl (C=O) groups is 1. The van der Waals surface area contributed by atoms with Crippen molar-refractivity contribution < 1.29 is 4.79 Å². The molecule has 0 saturated heterocycles. The van der Waals surface area contributed by atoms with E-state index in [4.69, 9.17) is 0 Å². The Labute approximate surface area is 125 Å². The second-order valence-electron chi connectivity index (χ2n) is 5.15. The number of carbonyl (C=O) groups excluding carboxylic acids is 1. The van der Waals surface area contributed by atoms with Crippen molar-refractivity contribution in [3.63, 3.8) is 0 Å². The minimum Gasteiger partial charge on any atom is -0.344 e. The molecule has 2 heterocycles. The highest BCUT2D eigenvalue weighted by Crippen LogP contribution is 2.16. The first kappa shape index (κ1) is 15.3. The van der Waals surface area contributed by atoms with Gasteiger partial charge < -0.3 is 5.32 Å². The first-order valence-corrected chi connectivity index (χ1v) is 7.36. The molecule has 1 N–H and O–H groups in total. The van der Waals surface area contributed by atoms with Crippen molar-refractivity contribution in [2.24, 2.45) is 0 Å². The molecule has 0 radical (unpaired) electrons. The third-order valence-corrected chi connectivity index (χ3v) is 3.68. The molecule has 21 heavy (non-hydrogen) atoms. The molecule has 1 amide bonds. The Bertz CT molecular complexity index is 641. The Morgan fingerprint density at radius 2 is 2.00 bits per heavy atom. The van der Waals surface area contributed by atoms with Gasteiger partial charge in [0.05, 0.1) is 23.0 Å². The maximum absolute atomic E-state index is 12.5. The maximum atomic E-state index is 12.5. The topological polar surface area (TPSA) is 64.7 Å². The zero-order chi connectivity index (χ0) is 15.6. The fourth-order valence-electron chi connectivity index (χ4n) is 2.46. The summed E-state index contributed by atoms with van der Waals surface area (Å²) in [4.78, 5) is 12.5. The van der Waals surface area contributed by atoms with E-state index in [1.54, 1.807) is 0 Å². The van der Waals surface area contributed by atoms with Gasteiger partial charge in [0.25, 0.3) is 5.91 Å². The molecule has 2 aromatic rings. The van der Waals surface area contributed by atoms with E-state index in [0.717, 1.165) is 30.2 Å². The lowest BCUT2D eigenvalue weighted by Gasteiger charge is -2.12. The van der Waals surface area contributed by atoms with Crippen LogP contribution < -0.4 is 5.32 Å². The molecule has 0 aliphatic rings. The predicted octanol–water partition coefficient (Wildman–Crippen LogP) is 2.23. The Morgan fingerprint density at radius 1 is 1.29 bits per heavy atom. The van der Waals surface area contributed by atoms with Crippen LogP contribution in [0.5, 0.6) is 0 Å². The minimum absolute atomic E-state index is 0.0942. The normalized spacial score (nSPS) is 12.4. The predicted molar refractivity (Wildman–Crippen MR) is 81.2 cm³/mol. The first-order valence-electron chi connectivity index (χ1n) is 7.36. The first-order chi connectivity index (χ1) is 9.97. The summed E-state index contributed by atoms with van der Waals surface area (Å²) in [5, 5.41) is 11.8. The van der Waals surface area contributed by atoms with Crippen LogP contribution in [0.3, 0.4) is 0 Å². The maximum Gasteiger partial charge on any atom is 0.255 e. The van der Waals surface area contributed by atoms with E-state index in [2.05, 4.69) is 15.5 Å². The monoisotopic (exact) mass is 289 g/mol. The van der Waals surface area contributed by atoms with Crippen LogP contribution in [-0.4, -0.2) is 25.5 Å². The lowest BCUT2D eigenvalue weighted by atomic mass is 10.1. The summed E-state index contributed by atoms with van der Waals surface area (Å²) >= 11 is 0. The van der Waals surface area contributed by atoms with Gasteiger partial charge in [-0.1, -0.05) is 0 Å². The molecule has 6 nitrogen and oxygen atoms in total. The molecule has 0 saturated carbocycles. The van der Waals surface area contributed by atoms with E-state index in [0.29, 0.717) is 5.56 Å². The molecule has 114 valence electrons. The number of hydrogen-bond acceptors (Lipinski definition) is 3. The van der Waals surface area contributed by atoms with E-state index in [1.165, 1.54) is 0 Å². The number of aryl methyl sites for hydroxylation is 3. The number of amides is 1. The Balaban J connectivity index is 2.16. The van der Waals surface area contributed by atoms with Crippen LogP contribution in [-0.2, 0) is 13.1 Å². The van der Waals surface area contributed by atoms with Gasteiger partial charge in [-0.2, -0.15) is 10.2 Å². The quantitative estimate of drug-likeness (QED) is 0.918. The summed E-state index contributed by atoms with van der Waals surface area (Å²) < 4.78 is 3.70. The second kappa shape index (κ2) is 6.11. The van der Waals surface area contributed by atoms with Gasteiger partial charge in [0, 0.05) is 25.0 Å². The van der Waals surface area contributed by atoms with Crippen LogP contribution in [0.25, 0.3) is 0 Å². The van der Waals surface area contributed by atoms with Crippen molar-refractivity contribution in [2.75, 3.05) is 0 Å². The van der Waals surface area contributed by atoms with Crippen molar-refractivity contribution in [3.8, 4) is 0 Å². The van der Waals surface area contributed by atoms with E-state index >= 15 is 0 Å². The van der Waals surface area contributed by atoms with Crippen LogP contribution in [0, 0.1) is 13.8 Å². The van der Waals surface area contributed by atoms with Crippen molar-refractivity contribution in [3.05, 3.63) is 34.9 Å². The highest BCUT2D eigenvalue weighted by molar-refractivity contribution is 5.96. The van der Waals surface area contributed by atoms with Gasteiger partial charge in [-0.15, -0.1) is 0 Å². The van der Waals surface area contributed by atoms with Crippen LogP contribution in [0.1, 0.15) is 54.3 Å². The zero-order valence-corrected chi connectivity index (χ0v) is 13.3. The molecule has 0 fully saturated rings. The van der Waals surface area contributed by atoms with E-state index in [9.17, 15) is 4.79 Å². The summed E-state index contributed by atoms with van der Waals surface area (Å²) in [7, 11) is 0. The summed E-state index contributed by atoms with van der Waals surface area (Å²) in [5.41, 5.74) is 3.19. The molecular weight excluding hydrogens is 266 g/mol. The van der Waals surface area contributed by atoms with Gasteiger partial charge in [0.1, 0.15) is 0 Å². The van der Waals surface area contributed by atoms with Gasteiger partial charge in [0.15, 0.2) is 0 Å². The molecule has 1 atom stereocenters. The third-order valence-electron chi connectivity index (χ3n) is 3.68. The van der Waals surface area contributed by atoms with E-state index < -0.39 is 0 Å². The largest absolute Gasteiger partial charge is 0.344 e. The smallest absolute Gasteiger partial charge is 0.255 e. The Hall–Kier alpha value is -2.11. The number of rotatable bonds is 5. The molecule has 1 unspecified atom stereocenters. The van der Waals surface area contributed by atoms with Crippen LogP contribution in [0.2, 0.25) is 0 Å². The summed E-state index contributed by atoms with van der Waals surface area (Å²) in [6, 6.07) is 1.80. The number of hydrogen-bond donors (Lipinski definition) is 1. The Kier molecular flexibility index (Phi) is 4.45. The molecule has 0 bridgehead atoms. The average Bonchev–Trinajstić information content (AvgIpc) is 3.03. The zero-order valence-electron chi connectivity index (χ0n) is 13.3. The Morgan fingerprint density at radius 3 is 2.52 bits per heavy atom. The lowest BCUT2D eigenvalue weighted by molar-refractivity contribution is 0.0937. The average molecular weight is 289 g/mol. The molecule has 2 aromatic heterocycles. The standard InChI is InChI=1S/C15H23N5O/c1-6-19-9-8-13(18-19)10(3)16-15(21)14-11(4)17-20(7-2)12(14)5/h8-10H,6-7H2,1-5H3,(H,16,21). The van der Waals surface area contributed by atoms with Crippen LogP contribution in [0.4, 0.5) is 0 Å². The minimum atomic E-state index is -0.130. The van der Waals surface area contributed by atoms with E-state index in [1.807, 2.05) is 56.2 Å². The molecule has 0 aromatic carbocycles. The summed E-state index contributed by atoms with van der Waals surface area (Å²) in [6.45, 7) is 11.4. The van der Waals surface area contributed by atoms with Crippen molar-refractivity contribution in [2.45, 2.75) is 53.8 Å². The number of aromatic nitrogens is 4. The van der Waals surface area contributed by atoms with Crippen LogP contribution in [0.15, 0.2) is 12.3 Å². The second-order valence-corrected chi connectivity index (χ2v) is 5.15. The number of nitrogens with zero attached hydrogens (tertiary/aromatic N) is 4. The van der Waals surface area contributed by atoms with Gasteiger partial charge in [0.2, 0.25) is 0 Å². The van der Waals surface area contributed by atoms with Gasteiger partial charge >= 0.3 is 0 Å². The fourth-order valence-corrected chi connectivity index (χ4v) is 2.46. The lowest BCUT2D eigenvalue weighted by Crippen LogP contribution is -2.28. The van der Waals surface area contributed by atoms with Crippen LogP contribution >= 0.6 is 0 Å². The fraction of sp³-hybridized carbons (Fsp3) is 0.533. The molecule has 0 aliphatic heterocycles. The SMILES string of the molecule is CCn1ccc(C(C)NC(=O)c2c(C)nn(CC)c2C)n1. The molecule has 0 spiro atoms. The third kappa shape index (κ3) is 2.99. The highest BCUT2D eigenvalue weighted by atomic mass is 16.1. The molecule has 2 rings (SSSR count).